The fraction of sp³-hybridized carbons (Fsp3) is 0.0400. The first kappa shape index (κ1) is 27.3. The van der Waals surface area contributed by atoms with Crippen LogP contribution >= 0.6 is 46.4 Å². The molecule has 13 heteroatoms. The van der Waals surface area contributed by atoms with Crippen LogP contribution < -0.4 is 11.1 Å². The minimum atomic E-state index is -1.05. The molecule has 4 aromatic rings. The maximum Gasteiger partial charge on any atom is 0.274 e. The first-order valence-corrected chi connectivity index (χ1v) is 12.2. The Morgan fingerprint density at radius 1 is 0.868 bits per heavy atom. The zero-order chi connectivity index (χ0) is 27.7. The predicted molar refractivity (Wildman–Crippen MR) is 144 cm³/mol. The van der Waals surface area contributed by atoms with Crippen LogP contribution in [-0.2, 0) is 0 Å². The molecule has 0 fully saturated rings. The van der Waals surface area contributed by atoms with E-state index in [1.807, 2.05) is 0 Å². The monoisotopic (exact) mass is 589 g/mol. The summed E-state index contributed by atoms with van der Waals surface area (Å²) in [5, 5.41) is 7.35. The van der Waals surface area contributed by atoms with Gasteiger partial charge in [0.25, 0.3) is 17.6 Å². The average Bonchev–Trinajstić information content (AvgIpc) is 3.30. The topological polar surface area (TPSA) is 137 Å². The van der Waals surface area contributed by atoms with Gasteiger partial charge in [-0.25, -0.2) is 9.67 Å². The number of amides is 2. The first-order chi connectivity index (χ1) is 18.0. The molecule has 0 aliphatic carbocycles. The summed E-state index contributed by atoms with van der Waals surface area (Å²) in [6.07, 6.45) is 1.40. The summed E-state index contributed by atoms with van der Waals surface area (Å²) in [5.74, 6) is -3.63. The number of ketones is 2. The summed E-state index contributed by atoms with van der Waals surface area (Å²) in [7, 11) is 0. The van der Waals surface area contributed by atoms with Crippen LogP contribution in [0.5, 0.6) is 0 Å². The molecule has 0 saturated heterocycles. The number of carbonyl (C=O) groups is 4. The molecule has 0 atom stereocenters. The molecular formula is C25H15Cl4N5O4. The fourth-order valence-electron chi connectivity index (χ4n) is 3.54. The molecule has 0 radical (unpaired) electrons. The summed E-state index contributed by atoms with van der Waals surface area (Å²) in [4.78, 5) is 55.6. The summed E-state index contributed by atoms with van der Waals surface area (Å²) in [6.45, 7) is 1.62. The van der Waals surface area contributed by atoms with Crippen LogP contribution in [0, 0.1) is 6.92 Å². The Hall–Kier alpha value is -3.76. The summed E-state index contributed by atoms with van der Waals surface area (Å²) < 4.78 is 1.01. The highest BCUT2D eigenvalue weighted by atomic mass is 35.5. The van der Waals surface area contributed by atoms with Crippen LogP contribution in [0.2, 0.25) is 20.1 Å². The molecule has 2 heterocycles. The highest BCUT2D eigenvalue weighted by Crippen LogP contribution is 2.28. The molecule has 2 aromatic heterocycles. The number of nitrogens with one attached hydrogen (secondary N) is 1. The van der Waals surface area contributed by atoms with Crippen LogP contribution in [0.15, 0.2) is 54.7 Å². The van der Waals surface area contributed by atoms with Gasteiger partial charge in [-0.3, -0.25) is 19.2 Å². The van der Waals surface area contributed by atoms with Crippen molar-refractivity contribution >= 4 is 75.5 Å². The molecule has 4 rings (SSSR count). The minimum Gasteiger partial charge on any atom is -0.366 e. The number of nitrogens with two attached hydrogens (primary N) is 1. The van der Waals surface area contributed by atoms with Gasteiger partial charge >= 0.3 is 0 Å². The van der Waals surface area contributed by atoms with Crippen LogP contribution in [-0.4, -0.2) is 38.1 Å². The second kappa shape index (κ2) is 10.9. The number of aromatic nitrogens is 3. The van der Waals surface area contributed by atoms with Gasteiger partial charge in [0.05, 0.1) is 21.3 Å². The standard InChI is InChI=1S/C25H15Cl4N5O4/c1-11-7-13(27)8-15(23(30)37)20(11)32-25(38)19-10-18(33-34(19)24-16(28)3-2-6-31-24)22(36)21(35)14-5-4-12(26)9-17(14)29/h2-10H,1H3,(H2,30,37)(H,32,38). The van der Waals surface area contributed by atoms with E-state index in [4.69, 9.17) is 52.1 Å². The number of hydrogen-bond acceptors (Lipinski definition) is 6. The van der Waals surface area contributed by atoms with Crippen molar-refractivity contribution in [2.24, 2.45) is 5.73 Å². The van der Waals surface area contributed by atoms with E-state index >= 15 is 0 Å². The van der Waals surface area contributed by atoms with Gasteiger partial charge in [-0.15, -0.1) is 0 Å². The molecular weight excluding hydrogens is 576 g/mol. The van der Waals surface area contributed by atoms with Crippen molar-refractivity contribution in [2.45, 2.75) is 6.92 Å². The molecule has 2 aromatic carbocycles. The molecule has 38 heavy (non-hydrogen) atoms. The molecule has 3 N–H and O–H groups in total. The molecule has 2 amide bonds. The van der Waals surface area contributed by atoms with E-state index in [0.717, 1.165) is 10.7 Å². The minimum absolute atomic E-state index is 0.0123. The van der Waals surface area contributed by atoms with Crippen molar-refractivity contribution in [2.75, 3.05) is 5.32 Å². The molecule has 0 aliphatic heterocycles. The Balaban J connectivity index is 1.80. The molecule has 0 saturated carbocycles. The first-order valence-electron chi connectivity index (χ1n) is 10.6. The number of rotatable bonds is 7. The number of nitrogens with zero attached hydrogens (tertiary/aromatic N) is 3. The molecule has 0 spiro atoms. The predicted octanol–water partition coefficient (Wildman–Crippen LogP) is 5.61. The number of halogens is 4. The SMILES string of the molecule is Cc1cc(Cl)cc(C(N)=O)c1NC(=O)c1cc(C(=O)C(=O)c2ccc(Cl)cc2Cl)nn1-c1ncccc1Cl. The number of hydrogen-bond donors (Lipinski definition) is 2. The Kier molecular flexibility index (Phi) is 7.84. The molecule has 0 aliphatic rings. The third kappa shape index (κ3) is 5.41. The van der Waals surface area contributed by atoms with E-state index in [2.05, 4.69) is 15.4 Å². The number of aryl methyl sites for hydroxylation is 1. The van der Waals surface area contributed by atoms with Crippen LogP contribution in [0.1, 0.15) is 47.3 Å². The van der Waals surface area contributed by atoms with Gasteiger partial charge in [-0.2, -0.15) is 5.10 Å². The third-order valence-corrected chi connectivity index (χ3v) is 6.36. The zero-order valence-corrected chi connectivity index (χ0v) is 22.3. The van der Waals surface area contributed by atoms with Crippen LogP contribution in [0.3, 0.4) is 0 Å². The van der Waals surface area contributed by atoms with E-state index in [9.17, 15) is 19.2 Å². The van der Waals surface area contributed by atoms with E-state index < -0.39 is 23.4 Å². The van der Waals surface area contributed by atoms with E-state index in [-0.39, 0.29) is 54.1 Å². The Morgan fingerprint density at radius 2 is 1.61 bits per heavy atom. The smallest absolute Gasteiger partial charge is 0.274 e. The van der Waals surface area contributed by atoms with Crippen LogP contribution in [0.4, 0.5) is 5.69 Å². The summed E-state index contributed by atoms with van der Waals surface area (Å²) >= 11 is 24.3. The maximum atomic E-state index is 13.4. The third-order valence-electron chi connectivity index (χ3n) is 5.30. The van der Waals surface area contributed by atoms with Crippen molar-refractivity contribution in [1.82, 2.24) is 14.8 Å². The molecule has 0 unspecified atom stereocenters. The second-order valence-electron chi connectivity index (χ2n) is 7.88. The number of anilines is 1. The Labute approximate surface area is 235 Å². The average molecular weight is 591 g/mol. The normalized spacial score (nSPS) is 10.8. The lowest BCUT2D eigenvalue weighted by Gasteiger charge is -2.13. The van der Waals surface area contributed by atoms with Crippen LogP contribution in [0.25, 0.3) is 5.82 Å². The van der Waals surface area contributed by atoms with Gasteiger partial charge in [-0.1, -0.05) is 46.4 Å². The van der Waals surface area contributed by atoms with Gasteiger partial charge < -0.3 is 11.1 Å². The fourth-order valence-corrected chi connectivity index (χ4v) is 4.51. The second-order valence-corrected chi connectivity index (χ2v) is 9.57. The largest absolute Gasteiger partial charge is 0.366 e. The number of primary amides is 1. The number of benzene rings is 2. The van der Waals surface area contributed by atoms with Gasteiger partial charge in [0.1, 0.15) is 11.4 Å². The maximum absolute atomic E-state index is 13.4. The summed E-state index contributed by atoms with van der Waals surface area (Å²) in [6, 6.07) is 11.0. The van der Waals surface area contributed by atoms with Gasteiger partial charge in [0.2, 0.25) is 5.78 Å². The Morgan fingerprint density at radius 3 is 2.26 bits per heavy atom. The lowest BCUT2D eigenvalue weighted by atomic mass is 10.0. The molecule has 9 nitrogen and oxygen atoms in total. The number of Topliss-reactive ketones (excluding diaryl/α,β-unsaturated/α-hetero) is 2. The van der Waals surface area contributed by atoms with Crippen molar-refractivity contribution < 1.29 is 19.2 Å². The Bertz CT molecular complexity index is 1650. The zero-order valence-electron chi connectivity index (χ0n) is 19.3. The lowest BCUT2D eigenvalue weighted by Crippen LogP contribution is -2.21. The molecule has 0 bridgehead atoms. The highest BCUT2D eigenvalue weighted by molar-refractivity contribution is 6.52. The van der Waals surface area contributed by atoms with Gasteiger partial charge in [-0.05, 0) is 55.0 Å². The van der Waals surface area contributed by atoms with E-state index in [1.54, 1.807) is 13.0 Å². The lowest BCUT2D eigenvalue weighted by molar-refractivity contribution is 0.0814. The highest BCUT2D eigenvalue weighted by Gasteiger charge is 2.28. The summed E-state index contributed by atoms with van der Waals surface area (Å²) in [5.41, 5.74) is 5.29. The van der Waals surface area contributed by atoms with Crippen molar-refractivity contribution in [3.05, 3.63) is 103 Å². The molecule has 192 valence electrons. The number of pyridine rings is 1. The van der Waals surface area contributed by atoms with Gasteiger partial charge in [0.15, 0.2) is 5.82 Å². The van der Waals surface area contributed by atoms with Crippen molar-refractivity contribution in [3.63, 3.8) is 0 Å². The van der Waals surface area contributed by atoms with E-state index in [0.29, 0.717) is 5.56 Å². The van der Waals surface area contributed by atoms with Gasteiger partial charge in [0, 0.05) is 27.9 Å². The van der Waals surface area contributed by atoms with Crippen molar-refractivity contribution in [1.29, 1.82) is 0 Å². The quantitative estimate of drug-likeness (QED) is 0.212. The number of carbonyl (C=O) groups excluding carboxylic acids is 4. The van der Waals surface area contributed by atoms with E-state index in [1.165, 1.54) is 42.6 Å². The van der Waals surface area contributed by atoms with Crippen molar-refractivity contribution in [3.8, 4) is 5.82 Å².